The summed E-state index contributed by atoms with van der Waals surface area (Å²) in [6.07, 6.45) is -5.22. The summed E-state index contributed by atoms with van der Waals surface area (Å²) in [6, 6.07) is 5.68. The van der Waals surface area contributed by atoms with Gasteiger partial charge in [-0.3, -0.25) is 24.0 Å². The number of nitrogens with zero attached hydrogens (tertiary/aromatic N) is 2. The number of rotatable bonds is 11. The number of alkyl halides is 3. The molecule has 2 aliphatic carbocycles. The summed E-state index contributed by atoms with van der Waals surface area (Å²) in [6.45, 7) is 6.24. The van der Waals surface area contributed by atoms with Crippen LogP contribution in [-0.2, 0) is 48.4 Å². The Balaban J connectivity index is 1.24. The van der Waals surface area contributed by atoms with Crippen LogP contribution in [0.2, 0.25) is 0 Å². The molecule has 4 aliphatic rings. The van der Waals surface area contributed by atoms with E-state index in [0.29, 0.717) is 30.4 Å². The van der Waals surface area contributed by atoms with Crippen LogP contribution < -0.4 is 15.4 Å². The highest BCUT2D eigenvalue weighted by atomic mass is 32.2. The normalized spacial score (nSPS) is 24.4. The number of anilines is 1. The summed E-state index contributed by atoms with van der Waals surface area (Å²) in [5.74, 6) is -3.67. The molecule has 4 amide bonds. The molecule has 1 saturated heterocycles. The molecule has 3 fully saturated rings. The van der Waals surface area contributed by atoms with E-state index in [9.17, 15) is 45.2 Å². The number of hydrogen-bond acceptors (Lipinski definition) is 8. The van der Waals surface area contributed by atoms with E-state index in [1.807, 2.05) is 0 Å². The van der Waals surface area contributed by atoms with Crippen LogP contribution in [0.15, 0.2) is 36.4 Å². The Labute approximate surface area is 305 Å². The lowest BCUT2D eigenvalue weighted by molar-refractivity contribution is -0.140. The Morgan fingerprint density at radius 2 is 1.79 bits per heavy atom. The van der Waals surface area contributed by atoms with Gasteiger partial charge in [-0.15, -0.1) is 0 Å². The molecule has 2 saturated carbocycles. The van der Waals surface area contributed by atoms with Crippen LogP contribution in [0.3, 0.4) is 0 Å². The van der Waals surface area contributed by atoms with Crippen molar-refractivity contribution in [2.75, 3.05) is 11.9 Å². The molecule has 12 nitrogen and oxygen atoms in total. The van der Waals surface area contributed by atoms with Crippen molar-refractivity contribution in [3.8, 4) is 0 Å². The van der Waals surface area contributed by atoms with E-state index in [1.165, 1.54) is 41.0 Å². The Kier molecular flexibility index (Phi) is 10.2. The second-order valence-electron chi connectivity index (χ2n) is 14.8. The zero-order valence-corrected chi connectivity index (χ0v) is 30.6. The molecule has 53 heavy (non-hydrogen) atoms. The first-order valence-corrected chi connectivity index (χ1v) is 19.2. The van der Waals surface area contributed by atoms with E-state index < -0.39 is 86.3 Å². The molecular weight excluding hydrogens is 722 g/mol. The van der Waals surface area contributed by atoms with Crippen LogP contribution in [0, 0.1) is 24.6 Å². The fraction of sp³-hybridized carbons (Fsp3) is 0.556. The molecule has 5 atom stereocenters. The molecule has 1 unspecified atom stereocenters. The molecule has 288 valence electrons. The molecule has 3 N–H and O–H groups in total. The van der Waals surface area contributed by atoms with Gasteiger partial charge in [0.05, 0.1) is 23.9 Å². The van der Waals surface area contributed by atoms with Gasteiger partial charge in [-0.25, -0.2) is 17.6 Å². The predicted octanol–water partition coefficient (Wildman–Crippen LogP) is 4.60. The topological polar surface area (TPSA) is 154 Å². The molecule has 0 spiro atoms. The summed E-state index contributed by atoms with van der Waals surface area (Å²) < 4.78 is 88.8. The monoisotopic (exact) mass is 765 g/mol. The van der Waals surface area contributed by atoms with Crippen molar-refractivity contribution in [2.24, 2.45) is 11.8 Å². The summed E-state index contributed by atoms with van der Waals surface area (Å²) in [4.78, 5) is 57.7. The number of nitrogens with one attached hydrogen (secondary N) is 3. The van der Waals surface area contributed by atoms with Crippen LogP contribution in [0.25, 0.3) is 0 Å². The molecule has 0 bridgehead atoms. The number of carbonyl (C=O) groups excluding carboxylic acids is 4. The summed E-state index contributed by atoms with van der Waals surface area (Å²) in [7, 11) is -3.94. The maximum absolute atomic E-state index is 14.4. The Hall–Kier alpha value is -4.41. The molecule has 2 aromatic rings. The van der Waals surface area contributed by atoms with E-state index in [1.54, 1.807) is 26.8 Å². The van der Waals surface area contributed by atoms with Gasteiger partial charge in [-0.1, -0.05) is 45.4 Å². The number of ether oxygens (including phenoxy) is 1. The van der Waals surface area contributed by atoms with Crippen molar-refractivity contribution >= 4 is 39.5 Å². The van der Waals surface area contributed by atoms with E-state index in [2.05, 4.69) is 15.4 Å². The SMILES string of the molecule is CC[C@@H]1C[C@]1(NC(=O)[C@@H]1CC(OC(=O)N2Cc3cccc(F)c3C2)CN1C(=O)[C@@H](Nc1ccc(C)c(C(F)(F)F)c1)C(C)C)C(=O)NS(=O)(=O)C1CC1. The van der Waals surface area contributed by atoms with Gasteiger partial charge in [0.2, 0.25) is 21.8 Å². The minimum atomic E-state index is -4.64. The number of benzene rings is 2. The predicted molar refractivity (Wildman–Crippen MR) is 184 cm³/mol. The van der Waals surface area contributed by atoms with Crippen LogP contribution >= 0.6 is 0 Å². The van der Waals surface area contributed by atoms with Crippen molar-refractivity contribution in [1.29, 1.82) is 0 Å². The van der Waals surface area contributed by atoms with Gasteiger partial charge in [-0.05, 0) is 67.3 Å². The van der Waals surface area contributed by atoms with E-state index in [-0.39, 0.29) is 49.6 Å². The minimum Gasteiger partial charge on any atom is -0.444 e. The first-order chi connectivity index (χ1) is 24.8. The highest BCUT2D eigenvalue weighted by Gasteiger charge is 2.62. The van der Waals surface area contributed by atoms with Crippen LogP contribution in [-0.4, -0.2) is 77.6 Å². The first kappa shape index (κ1) is 38.3. The van der Waals surface area contributed by atoms with Crippen LogP contribution in [0.5, 0.6) is 0 Å². The molecule has 0 radical (unpaired) electrons. The van der Waals surface area contributed by atoms with Gasteiger partial charge in [0.15, 0.2) is 0 Å². The van der Waals surface area contributed by atoms with Crippen molar-refractivity contribution in [1.82, 2.24) is 19.8 Å². The Morgan fingerprint density at radius 3 is 2.40 bits per heavy atom. The number of likely N-dealkylation sites (tertiary alicyclic amines) is 1. The third-order valence-corrected chi connectivity index (χ3v) is 12.5. The van der Waals surface area contributed by atoms with Gasteiger partial charge >= 0.3 is 12.3 Å². The van der Waals surface area contributed by atoms with Gasteiger partial charge in [0, 0.05) is 24.2 Å². The number of fused-ring (bicyclic) bond motifs is 1. The van der Waals surface area contributed by atoms with Crippen molar-refractivity contribution in [3.63, 3.8) is 0 Å². The second kappa shape index (κ2) is 14.1. The van der Waals surface area contributed by atoms with Crippen LogP contribution in [0.1, 0.15) is 75.1 Å². The summed E-state index contributed by atoms with van der Waals surface area (Å²) in [5.41, 5.74) is -1.45. The number of aryl methyl sites for hydroxylation is 1. The average Bonchev–Trinajstić information content (AvgIpc) is 3.97. The lowest BCUT2D eigenvalue weighted by Crippen LogP contribution is -2.58. The van der Waals surface area contributed by atoms with E-state index in [4.69, 9.17) is 4.74 Å². The van der Waals surface area contributed by atoms with Gasteiger partial charge in [-0.2, -0.15) is 13.2 Å². The number of halogens is 4. The number of hydrogen-bond donors (Lipinski definition) is 3. The molecule has 17 heteroatoms. The molecule has 2 heterocycles. The Morgan fingerprint density at radius 1 is 1.08 bits per heavy atom. The van der Waals surface area contributed by atoms with Gasteiger partial charge in [0.1, 0.15) is 29.5 Å². The number of amides is 4. The third kappa shape index (κ3) is 7.80. The largest absolute Gasteiger partial charge is 0.444 e. The maximum atomic E-state index is 14.4. The maximum Gasteiger partial charge on any atom is 0.416 e. The molecule has 0 aromatic heterocycles. The zero-order valence-electron chi connectivity index (χ0n) is 29.8. The Bertz CT molecular complexity index is 1920. The molecular formula is C36H43F4N5O7S. The van der Waals surface area contributed by atoms with Gasteiger partial charge < -0.3 is 20.3 Å². The lowest BCUT2D eigenvalue weighted by Gasteiger charge is -2.32. The second-order valence-corrected chi connectivity index (χ2v) is 16.8. The molecule has 2 aliphatic heterocycles. The first-order valence-electron chi connectivity index (χ1n) is 17.7. The van der Waals surface area contributed by atoms with Crippen molar-refractivity contribution in [3.05, 3.63) is 64.5 Å². The molecule has 6 rings (SSSR count). The molecule has 2 aromatic carbocycles. The quantitative estimate of drug-likeness (QED) is 0.281. The highest BCUT2D eigenvalue weighted by Crippen LogP contribution is 2.47. The minimum absolute atomic E-state index is 0.00592. The van der Waals surface area contributed by atoms with E-state index >= 15 is 0 Å². The van der Waals surface area contributed by atoms with Crippen LogP contribution in [0.4, 0.5) is 28.0 Å². The highest BCUT2D eigenvalue weighted by molar-refractivity contribution is 7.91. The van der Waals surface area contributed by atoms with Crippen molar-refractivity contribution in [2.45, 2.75) is 108 Å². The smallest absolute Gasteiger partial charge is 0.416 e. The standard InChI is InChI=1S/C36H43F4N5O7S/c1-5-22-15-35(22,33(48)43-53(50,51)25-11-12-25)42-31(46)29-14-24(52-34(49)44-16-21-7-6-8-28(37)26(21)18-44)17-45(29)32(47)30(19(2)3)41-23-10-9-20(4)27(13-23)36(38,39)40/h6-10,13,19,22,24-25,29-30,41H,5,11-12,14-18H2,1-4H3,(H,42,46)(H,43,48)/t22-,24?,29+,30+,35-/m1/s1. The number of sulfonamides is 1. The zero-order chi connectivity index (χ0) is 38.6. The van der Waals surface area contributed by atoms with Crippen molar-refractivity contribution < 1.29 is 49.9 Å². The van der Waals surface area contributed by atoms with Gasteiger partial charge in [0.25, 0.3) is 5.91 Å². The summed E-state index contributed by atoms with van der Waals surface area (Å²) in [5, 5.41) is 4.94. The third-order valence-electron chi connectivity index (χ3n) is 10.6. The number of carbonyl (C=O) groups is 4. The fourth-order valence-electron chi connectivity index (χ4n) is 7.29. The lowest BCUT2D eigenvalue weighted by atomic mass is 10.0. The fourth-order valence-corrected chi connectivity index (χ4v) is 8.65. The average molecular weight is 766 g/mol. The summed E-state index contributed by atoms with van der Waals surface area (Å²) >= 11 is 0. The van der Waals surface area contributed by atoms with E-state index in [0.717, 1.165) is 6.07 Å².